The minimum atomic E-state index is -1.05. The van der Waals surface area contributed by atoms with Crippen molar-refractivity contribution in [2.45, 2.75) is 31.8 Å². The monoisotopic (exact) mass is 270 g/mol. The average molecular weight is 270 g/mol. The molecule has 0 radical (unpaired) electrons. The molecule has 1 N–H and O–H groups in total. The van der Waals surface area contributed by atoms with Gasteiger partial charge in [-0.25, -0.2) is 0 Å². The molecule has 1 aliphatic rings. The normalized spacial score (nSPS) is 23.9. The zero-order chi connectivity index (χ0) is 14.8. The number of nitrogens with one attached hydrogen (secondary N) is 1. The summed E-state index contributed by atoms with van der Waals surface area (Å²) in [6, 6.07) is 8.87. The molecule has 2 amide bonds. The highest BCUT2D eigenvalue weighted by Crippen LogP contribution is 2.27. The molecule has 4 nitrogen and oxygen atoms in total. The van der Waals surface area contributed by atoms with Crippen molar-refractivity contribution in [2.75, 3.05) is 6.54 Å². The van der Waals surface area contributed by atoms with Gasteiger partial charge in [-0.05, 0) is 18.9 Å². The van der Waals surface area contributed by atoms with Gasteiger partial charge in [0, 0.05) is 0 Å². The molecule has 2 rings (SSSR count). The molecule has 2 atom stereocenters. The molecule has 1 aliphatic heterocycles. The first-order chi connectivity index (χ1) is 9.52. The van der Waals surface area contributed by atoms with E-state index in [1.807, 2.05) is 37.3 Å². The SMILES string of the molecule is C#CC(CC)N1CC(=O)NC(C)(c2ccccc2)C1=O. The molecule has 20 heavy (non-hydrogen) atoms. The number of terminal acetylenes is 1. The minimum Gasteiger partial charge on any atom is -0.337 e. The summed E-state index contributed by atoms with van der Waals surface area (Å²) in [7, 11) is 0. The van der Waals surface area contributed by atoms with Crippen molar-refractivity contribution in [1.29, 1.82) is 0 Å². The highest BCUT2D eigenvalue weighted by Gasteiger charge is 2.45. The largest absolute Gasteiger partial charge is 0.337 e. The minimum absolute atomic E-state index is 0.0178. The van der Waals surface area contributed by atoms with Crippen LogP contribution in [0.2, 0.25) is 0 Å². The second-order valence-electron chi connectivity index (χ2n) is 5.06. The van der Waals surface area contributed by atoms with Crippen molar-refractivity contribution in [1.82, 2.24) is 10.2 Å². The zero-order valence-corrected chi connectivity index (χ0v) is 11.7. The molecule has 1 aromatic carbocycles. The lowest BCUT2D eigenvalue weighted by atomic mass is 9.87. The van der Waals surface area contributed by atoms with Crippen LogP contribution >= 0.6 is 0 Å². The maximum absolute atomic E-state index is 12.8. The van der Waals surface area contributed by atoms with Crippen molar-refractivity contribution in [3.8, 4) is 12.3 Å². The van der Waals surface area contributed by atoms with E-state index in [1.54, 1.807) is 6.92 Å². The summed E-state index contributed by atoms with van der Waals surface area (Å²) in [5.41, 5.74) is -0.296. The number of rotatable bonds is 3. The lowest BCUT2D eigenvalue weighted by molar-refractivity contribution is -0.151. The van der Waals surface area contributed by atoms with Crippen molar-refractivity contribution < 1.29 is 9.59 Å². The summed E-state index contributed by atoms with van der Waals surface area (Å²) < 4.78 is 0. The van der Waals surface area contributed by atoms with Gasteiger partial charge in [0.05, 0.1) is 6.04 Å². The van der Waals surface area contributed by atoms with Crippen LogP contribution in [0.25, 0.3) is 0 Å². The second-order valence-corrected chi connectivity index (χ2v) is 5.06. The van der Waals surface area contributed by atoms with Gasteiger partial charge in [0.2, 0.25) is 5.91 Å². The van der Waals surface area contributed by atoms with Crippen LogP contribution in [0.3, 0.4) is 0 Å². The topological polar surface area (TPSA) is 49.4 Å². The molecule has 1 saturated heterocycles. The Morgan fingerprint density at radius 3 is 2.60 bits per heavy atom. The molecule has 2 unspecified atom stereocenters. The van der Waals surface area contributed by atoms with Crippen LogP contribution in [0.15, 0.2) is 30.3 Å². The van der Waals surface area contributed by atoms with Gasteiger partial charge < -0.3 is 10.2 Å². The summed E-state index contributed by atoms with van der Waals surface area (Å²) in [6.07, 6.45) is 6.10. The third-order valence-electron chi connectivity index (χ3n) is 3.70. The van der Waals surface area contributed by atoms with Gasteiger partial charge in [0.15, 0.2) is 0 Å². The molecule has 0 bridgehead atoms. The lowest BCUT2D eigenvalue weighted by Crippen LogP contribution is -2.65. The summed E-state index contributed by atoms with van der Waals surface area (Å²) in [5, 5.41) is 2.79. The van der Waals surface area contributed by atoms with Gasteiger partial charge in [-0.1, -0.05) is 43.2 Å². The van der Waals surface area contributed by atoms with E-state index < -0.39 is 5.54 Å². The number of nitrogens with zero attached hydrogens (tertiary/aromatic N) is 1. The van der Waals surface area contributed by atoms with E-state index in [0.29, 0.717) is 6.42 Å². The summed E-state index contributed by atoms with van der Waals surface area (Å²) >= 11 is 0. The van der Waals surface area contributed by atoms with E-state index >= 15 is 0 Å². The molecule has 0 aromatic heterocycles. The number of amides is 2. The molecule has 4 heteroatoms. The highest BCUT2D eigenvalue weighted by molar-refractivity contribution is 5.98. The van der Waals surface area contributed by atoms with Crippen molar-refractivity contribution in [2.24, 2.45) is 0 Å². The average Bonchev–Trinajstić information content (AvgIpc) is 2.46. The maximum Gasteiger partial charge on any atom is 0.254 e. The summed E-state index contributed by atoms with van der Waals surface area (Å²) in [6.45, 7) is 3.64. The Balaban J connectivity index is 2.42. The predicted molar refractivity (Wildman–Crippen MR) is 76.6 cm³/mol. The Labute approximate surface area is 119 Å². The van der Waals surface area contributed by atoms with E-state index in [4.69, 9.17) is 6.42 Å². The van der Waals surface area contributed by atoms with Gasteiger partial charge in [-0.3, -0.25) is 9.59 Å². The number of hydrogen-bond donors (Lipinski definition) is 1. The van der Waals surface area contributed by atoms with Crippen LogP contribution in [0, 0.1) is 12.3 Å². The first kappa shape index (κ1) is 14.1. The number of carbonyl (C=O) groups excluding carboxylic acids is 2. The molecule has 0 spiro atoms. The fraction of sp³-hybridized carbons (Fsp3) is 0.375. The van der Waals surface area contributed by atoms with Gasteiger partial charge >= 0.3 is 0 Å². The summed E-state index contributed by atoms with van der Waals surface area (Å²) in [5.74, 6) is 2.24. The quantitative estimate of drug-likeness (QED) is 0.841. The van der Waals surface area contributed by atoms with Crippen LogP contribution < -0.4 is 5.32 Å². The molecular weight excluding hydrogens is 252 g/mol. The van der Waals surface area contributed by atoms with Gasteiger partial charge in [0.1, 0.15) is 12.1 Å². The number of hydrogen-bond acceptors (Lipinski definition) is 2. The number of piperazine rings is 1. The highest BCUT2D eigenvalue weighted by atomic mass is 16.2. The molecule has 0 saturated carbocycles. The number of carbonyl (C=O) groups is 2. The zero-order valence-electron chi connectivity index (χ0n) is 11.7. The van der Waals surface area contributed by atoms with Crippen molar-refractivity contribution in [3.63, 3.8) is 0 Å². The van der Waals surface area contributed by atoms with Crippen LogP contribution in [-0.2, 0) is 15.1 Å². The lowest BCUT2D eigenvalue weighted by Gasteiger charge is -2.42. The van der Waals surface area contributed by atoms with E-state index in [0.717, 1.165) is 5.56 Å². The predicted octanol–water partition coefficient (Wildman–Crippen LogP) is 1.27. The standard InChI is InChI=1S/C16H18N2O2/c1-4-13(5-2)18-11-14(19)17-16(3,15(18)20)12-9-7-6-8-10-12/h1,6-10,13H,5,11H2,2-3H3,(H,17,19). The van der Waals surface area contributed by atoms with E-state index in [1.165, 1.54) is 4.90 Å². The summed E-state index contributed by atoms with van der Waals surface area (Å²) in [4.78, 5) is 26.2. The maximum atomic E-state index is 12.8. The smallest absolute Gasteiger partial charge is 0.254 e. The fourth-order valence-electron chi connectivity index (χ4n) is 2.53. The Morgan fingerprint density at radius 1 is 1.40 bits per heavy atom. The van der Waals surface area contributed by atoms with Crippen LogP contribution in [0.5, 0.6) is 0 Å². The molecule has 104 valence electrons. The first-order valence-electron chi connectivity index (χ1n) is 6.66. The van der Waals surface area contributed by atoms with E-state index in [9.17, 15) is 9.59 Å². The Hall–Kier alpha value is -2.28. The molecular formula is C16H18N2O2. The second kappa shape index (κ2) is 5.38. The van der Waals surface area contributed by atoms with E-state index in [-0.39, 0.29) is 24.4 Å². The van der Waals surface area contributed by atoms with Gasteiger partial charge in [-0.15, -0.1) is 6.42 Å². The van der Waals surface area contributed by atoms with Crippen LogP contribution in [0.1, 0.15) is 25.8 Å². The third kappa shape index (κ3) is 2.27. The molecule has 1 aromatic rings. The van der Waals surface area contributed by atoms with Crippen molar-refractivity contribution in [3.05, 3.63) is 35.9 Å². The molecule has 1 fully saturated rings. The van der Waals surface area contributed by atoms with E-state index in [2.05, 4.69) is 11.2 Å². The van der Waals surface area contributed by atoms with Crippen LogP contribution in [0.4, 0.5) is 0 Å². The van der Waals surface area contributed by atoms with Crippen LogP contribution in [-0.4, -0.2) is 29.3 Å². The van der Waals surface area contributed by atoms with Gasteiger partial charge in [-0.2, -0.15) is 0 Å². The Kier molecular flexibility index (Phi) is 3.80. The molecule has 1 heterocycles. The number of benzene rings is 1. The fourth-order valence-corrected chi connectivity index (χ4v) is 2.53. The Bertz CT molecular complexity index is 562. The first-order valence-corrected chi connectivity index (χ1v) is 6.66. The Morgan fingerprint density at radius 2 is 2.05 bits per heavy atom. The third-order valence-corrected chi connectivity index (χ3v) is 3.70. The van der Waals surface area contributed by atoms with Crippen molar-refractivity contribution >= 4 is 11.8 Å². The molecule has 0 aliphatic carbocycles. The van der Waals surface area contributed by atoms with Gasteiger partial charge in [0.25, 0.3) is 5.91 Å².